The van der Waals surface area contributed by atoms with Gasteiger partial charge in [0.2, 0.25) is 0 Å². The van der Waals surface area contributed by atoms with Gasteiger partial charge in [0.15, 0.2) is 5.60 Å². The molecule has 3 rings (SSSR count). The van der Waals surface area contributed by atoms with Gasteiger partial charge in [-0.2, -0.15) is 0 Å². The maximum atomic E-state index is 13.0. The average Bonchev–Trinajstić information content (AvgIpc) is 2.92. The Morgan fingerprint density at radius 3 is 2.66 bits per heavy atom. The SMILES string of the molecule is CC1=CC(c2cccc(C(N)CF)c2)=C(O)C1(C)Oc1ccccc1CC(=O)O. The Morgan fingerprint density at radius 1 is 1.24 bits per heavy atom. The van der Waals surface area contributed by atoms with Crippen molar-refractivity contribution in [1.82, 2.24) is 0 Å². The predicted molar refractivity (Wildman–Crippen MR) is 109 cm³/mol. The number of nitrogens with two attached hydrogens (primary N) is 1. The molecule has 0 aliphatic heterocycles. The van der Waals surface area contributed by atoms with Crippen molar-refractivity contribution < 1.29 is 24.1 Å². The second-order valence-electron chi connectivity index (χ2n) is 7.29. The Morgan fingerprint density at radius 2 is 1.97 bits per heavy atom. The smallest absolute Gasteiger partial charge is 0.307 e. The van der Waals surface area contributed by atoms with Crippen molar-refractivity contribution in [2.75, 3.05) is 6.67 Å². The summed E-state index contributed by atoms with van der Waals surface area (Å²) in [5, 5.41) is 20.2. The molecule has 152 valence electrons. The Kier molecular flexibility index (Phi) is 5.75. The first-order valence-electron chi connectivity index (χ1n) is 9.29. The van der Waals surface area contributed by atoms with Crippen LogP contribution in [0.5, 0.6) is 5.75 Å². The first kappa shape index (κ1) is 20.6. The summed E-state index contributed by atoms with van der Waals surface area (Å²) in [5.41, 5.74) is 7.83. The van der Waals surface area contributed by atoms with Crippen LogP contribution in [0.25, 0.3) is 5.57 Å². The molecule has 0 saturated carbocycles. The molecule has 4 N–H and O–H groups in total. The highest BCUT2D eigenvalue weighted by Gasteiger charge is 2.41. The first-order chi connectivity index (χ1) is 13.8. The summed E-state index contributed by atoms with van der Waals surface area (Å²) >= 11 is 0. The molecular weight excluding hydrogens is 373 g/mol. The van der Waals surface area contributed by atoms with Crippen molar-refractivity contribution in [2.24, 2.45) is 5.73 Å². The number of allylic oxidation sites excluding steroid dienone is 2. The van der Waals surface area contributed by atoms with Crippen LogP contribution in [-0.2, 0) is 11.2 Å². The number of carboxylic acid groups (broad SMARTS) is 1. The molecule has 0 amide bonds. The number of hydrogen-bond donors (Lipinski definition) is 3. The molecule has 0 fully saturated rings. The van der Waals surface area contributed by atoms with Gasteiger partial charge in [0, 0.05) is 11.1 Å². The number of ether oxygens (including phenoxy) is 1. The van der Waals surface area contributed by atoms with Gasteiger partial charge in [-0.15, -0.1) is 0 Å². The summed E-state index contributed by atoms with van der Waals surface area (Å²) in [4.78, 5) is 11.2. The number of aliphatic hydroxyl groups excluding tert-OH is 1. The molecule has 2 unspecified atom stereocenters. The number of rotatable bonds is 7. The van der Waals surface area contributed by atoms with E-state index in [0.717, 1.165) is 5.57 Å². The standard InChI is InChI=1S/C23H24FNO4/c1-14-10-18(15-7-5-8-16(11-15)19(25)13-24)22(28)23(14,2)29-20-9-4-3-6-17(20)12-21(26)27/h3-11,19,28H,12-13,25H2,1-2H3,(H,26,27). The van der Waals surface area contributed by atoms with Gasteiger partial charge in [-0.25, -0.2) is 4.39 Å². The van der Waals surface area contributed by atoms with Crippen LogP contribution in [0.4, 0.5) is 4.39 Å². The molecule has 0 spiro atoms. The van der Waals surface area contributed by atoms with Crippen LogP contribution in [0.15, 0.2) is 65.9 Å². The van der Waals surface area contributed by atoms with Gasteiger partial charge in [-0.05, 0) is 48.8 Å². The van der Waals surface area contributed by atoms with E-state index in [4.69, 9.17) is 15.6 Å². The summed E-state index contributed by atoms with van der Waals surface area (Å²) in [5.74, 6) is -0.566. The Labute approximate surface area is 168 Å². The molecule has 0 heterocycles. The monoisotopic (exact) mass is 397 g/mol. The van der Waals surface area contributed by atoms with Gasteiger partial charge in [-0.3, -0.25) is 4.79 Å². The number of aliphatic hydroxyl groups is 1. The lowest BCUT2D eigenvalue weighted by Gasteiger charge is -2.29. The van der Waals surface area contributed by atoms with E-state index >= 15 is 0 Å². The fourth-order valence-electron chi connectivity index (χ4n) is 3.37. The van der Waals surface area contributed by atoms with Gasteiger partial charge >= 0.3 is 5.97 Å². The van der Waals surface area contributed by atoms with Crippen LogP contribution in [-0.4, -0.2) is 28.5 Å². The van der Waals surface area contributed by atoms with Crippen molar-refractivity contribution in [1.29, 1.82) is 0 Å². The highest BCUT2D eigenvalue weighted by molar-refractivity contribution is 5.82. The number of carboxylic acids is 1. The lowest BCUT2D eigenvalue weighted by molar-refractivity contribution is -0.136. The van der Waals surface area contributed by atoms with Crippen molar-refractivity contribution in [3.8, 4) is 5.75 Å². The van der Waals surface area contributed by atoms with Gasteiger partial charge in [-0.1, -0.05) is 36.4 Å². The molecule has 1 aliphatic rings. The largest absolute Gasteiger partial charge is 0.507 e. The fraction of sp³-hybridized carbons (Fsp3) is 0.261. The van der Waals surface area contributed by atoms with Crippen molar-refractivity contribution in [3.63, 3.8) is 0 Å². The highest BCUT2D eigenvalue weighted by Crippen LogP contribution is 2.42. The van der Waals surface area contributed by atoms with Crippen LogP contribution in [0.1, 0.15) is 36.6 Å². The first-order valence-corrected chi connectivity index (χ1v) is 9.29. The van der Waals surface area contributed by atoms with E-state index in [0.29, 0.717) is 28.0 Å². The lowest BCUT2D eigenvalue weighted by atomic mass is 9.97. The number of alkyl halides is 1. The van der Waals surface area contributed by atoms with Gasteiger partial charge in [0.1, 0.15) is 18.2 Å². The second-order valence-corrected chi connectivity index (χ2v) is 7.29. The number of aliphatic carboxylic acids is 1. The molecule has 0 bridgehead atoms. The Bertz CT molecular complexity index is 998. The quantitative estimate of drug-likeness (QED) is 0.646. The summed E-state index contributed by atoms with van der Waals surface area (Å²) in [6.07, 6.45) is 1.63. The molecule has 6 heteroatoms. The number of hydrogen-bond acceptors (Lipinski definition) is 4. The maximum absolute atomic E-state index is 13.0. The molecule has 2 atom stereocenters. The van der Waals surface area contributed by atoms with Crippen LogP contribution < -0.4 is 10.5 Å². The molecule has 29 heavy (non-hydrogen) atoms. The number of carbonyl (C=O) groups is 1. The van der Waals surface area contributed by atoms with Gasteiger partial charge in [0.05, 0.1) is 12.5 Å². The Balaban J connectivity index is 1.99. The number of benzene rings is 2. The van der Waals surface area contributed by atoms with Crippen molar-refractivity contribution in [2.45, 2.75) is 31.9 Å². The highest BCUT2D eigenvalue weighted by atomic mass is 19.1. The maximum Gasteiger partial charge on any atom is 0.307 e. The van der Waals surface area contributed by atoms with Crippen molar-refractivity contribution in [3.05, 3.63) is 82.6 Å². The Hall–Kier alpha value is -3.12. The molecule has 2 aromatic carbocycles. The van der Waals surface area contributed by atoms with E-state index in [1.54, 1.807) is 49.4 Å². The number of para-hydroxylation sites is 1. The fourth-order valence-corrected chi connectivity index (χ4v) is 3.37. The zero-order valence-corrected chi connectivity index (χ0v) is 16.4. The number of halogens is 1. The minimum atomic E-state index is -1.15. The molecule has 0 saturated heterocycles. The van der Waals surface area contributed by atoms with E-state index in [2.05, 4.69) is 0 Å². The summed E-state index contributed by atoms with van der Waals surface area (Å²) < 4.78 is 19.1. The zero-order chi connectivity index (χ0) is 21.2. The van der Waals surface area contributed by atoms with Crippen LogP contribution in [0, 0.1) is 0 Å². The van der Waals surface area contributed by atoms with Crippen molar-refractivity contribution >= 4 is 11.5 Å². The third-order valence-electron chi connectivity index (χ3n) is 5.24. The minimum absolute atomic E-state index is 0.00565. The minimum Gasteiger partial charge on any atom is -0.507 e. The molecule has 1 aliphatic carbocycles. The van der Waals surface area contributed by atoms with Crippen LogP contribution >= 0.6 is 0 Å². The third-order valence-corrected chi connectivity index (χ3v) is 5.24. The van der Waals surface area contributed by atoms with E-state index in [1.807, 2.05) is 19.1 Å². The normalized spacial score (nSPS) is 19.8. The molecule has 0 radical (unpaired) electrons. The average molecular weight is 397 g/mol. The third kappa shape index (κ3) is 4.03. The molecule has 0 aromatic heterocycles. The topological polar surface area (TPSA) is 92.8 Å². The second kappa shape index (κ2) is 8.09. The van der Waals surface area contributed by atoms with Crippen LogP contribution in [0.3, 0.4) is 0 Å². The summed E-state index contributed by atoms with van der Waals surface area (Å²) in [6, 6.07) is 13.2. The van der Waals surface area contributed by atoms with E-state index < -0.39 is 24.3 Å². The van der Waals surface area contributed by atoms with Gasteiger partial charge in [0.25, 0.3) is 0 Å². The van der Waals surface area contributed by atoms with E-state index in [9.17, 15) is 14.3 Å². The van der Waals surface area contributed by atoms with Crippen LogP contribution in [0.2, 0.25) is 0 Å². The van der Waals surface area contributed by atoms with Gasteiger partial charge < -0.3 is 20.7 Å². The lowest BCUT2D eigenvalue weighted by Crippen LogP contribution is -2.34. The zero-order valence-electron chi connectivity index (χ0n) is 16.4. The molecular formula is C23H24FNO4. The van der Waals surface area contributed by atoms with E-state index in [-0.39, 0.29) is 12.2 Å². The summed E-state index contributed by atoms with van der Waals surface area (Å²) in [6.45, 7) is 2.89. The predicted octanol–water partition coefficient (Wildman–Crippen LogP) is 4.35. The molecule has 5 nitrogen and oxygen atoms in total. The van der Waals surface area contributed by atoms with E-state index in [1.165, 1.54) is 0 Å². The summed E-state index contributed by atoms with van der Waals surface area (Å²) in [7, 11) is 0. The molecule has 2 aromatic rings.